The minimum absolute atomic E-state index is 0.228. The Labute approximate surface area is 139 Å². The van der Waals surface area contributed by atoms with Gasteiger partial charge in [0.05, 0.1) is 6.61 Å². The van der Waals surface area contributed by atoms with E-state index in [1.54, 1.807) is 24.3 Å². The van der Waals surface area contributed by atoms with Gasteiger partial charge in [-0.15, -0.1) is 0 Å². The van der Waals surface area contributed by atoms with Crippen LogP contribution in [0.15, 0.2) is 60.7 Å². The molecule has 122 valence electrons. The Morgan fingerprint density at radius 3 is 2.21 bits per heavy atom. The van der Waals surface area contributed by atoms with Crippen molar-refractivity contribution in [2.24, 2.45) is 0 Å². The summed E-state index contributed by atoms with van der Waals surface area (Å²) in [6, 6.07) is 17.6. The molecule has 0 bridgehead atoms. The monoisotopic (exact) mass is 324 g/mol. The number of urea groups is 1. The van der Waals surface area contributed by atoms with E-state index in [4.69, 9.17) is 4.74 Å². The Bertz CT molecular complexity index is 726. The first kappa shape index (κ1) is 15.9. The van der Waals surface area contributed by atoms with Crippen LogP contribution in [-0.2, 0) is 20.9 Å². The second-order valence-corrected chi connectivity index (χ2v) is 5.35. The number of carbonyl (C=O) groups is 3. The van der Waals surface area contributed by atoms with Crippen LogP contribution in [0.3, 0.4) is 0 Å². The molecule has 3 rings (SSSR count). The molecule has 0 radical (unpaired) electrons. The quantitative estimate of drug-likeness (QED) is 0.857. The summed E-state index contributed by atoms with van der Waals surface area (Å²) >= 11 is 0. The number of rotatable bonds is 5. The van der Waals surface area contributed by atoms with E-state index in [2.05, 4.69) is 5.32 Å². The van der Waals surface area contributed by atoms with Crippen LogP contribution in [0.2, 0.25) is 0 Å². The van der Waals surface area contributed by atoms with E-state index >= 15 is 0 Å². The number of barbiturate groups is 1. The molecular formula is C18H16N2O4. The first-order valence-corrected chi connectivity index (χ1v) is 7.51. The van der Waals surface area contributed by atoms with E-state index in [0.29, 0.717) is 5.56 Å². The average molecular weight is 324 g/mol. The van der Waals surface area contributed by atoms with Crippen molar-refractivity contribution in [1.82, 2.24) is 10.2 Å². The van der Waals surface area contributed by atoms with Crippen LogP contribution in [0.4, 0.5) is 4.79 Å². The number of nitrogens with zero attached hydrogens (tertiary/aromatic N) is 1. The van der Waals surface area contributed by atoms with Crippen LogP contribution in [0.1, 0.15) is 23.8 Å². The van der Waals surface area contributed by atoms with Gasteiger partial charge in [0.1, 0.15) is 6.42 Å². The lowest BCUT2D eigenvalue weighted by Gasteiger charge is -2.32. The molecule has 24 heavy (non-hydrogen) atoms. The summed E-state index contributed by atoms with van der Waals surface area (Å²) < 4.78 is 5.86. The lowest BCUT2D eigenvalue weighted by molar-refractivity contribution is -0.147. The number of nitrogens with one attached hydrogen (secondary N) is 1. The van der Waals surface area contributed by atoms with Gasteiger partial charge in [-0.1, -0.05) is 60.7 Å². The van der Waals surface area contributed by atoms with E-state index in [9.17, 15) is 14.4 Å². The van der Waals surface area contributed by atoms with Crippen molar-refractivity contribution in [3.8, 4) is 0 Å². The van der Waals surface area contributed by atoms with E-state index in [-0.39, 0.29) is 13.0 Å². The van der Waals surface area contributed by atoms with Crippen LogP contribution >= 0.6 is 0 Å². The third-order valence-electron chi connectivity index (χ3n) is 3.62. The smallest absolute Gasteiger partial charge is 0.333 e. The molecule has 0 saturated carbocycles. The van der Waals surface area contributed by atoms with Crippen molar-refractivity contribution in [1.29, 1.82) is 0 Å². The van der Waals surface area contributed by atoms with Crippen LogP contribution in [0.5, 0.6) is 0 Å². The van der Waals surface area contributed by atoms with E-state index in [0.717, 1.165) is 10.5 Å². The van der Waals surface area contributed by atoms with Crippen molar-refractivity contribution in [3.05, 3.63) is 71.8 Å². The highest BCUT2D eigenvalue weighted by Crippen LogP contribution is 2.26. The van der Waals surface area contributed by atoms with Crippen LogP contribution < -0.4 is 5.32 Å². The van der Waals surface area contributed by atoms with Gasteiger partial charge in [0, 0.05) is 5.56 Å². The van der Waals surface area contributed by atoms with Gasteiger partial charge in [-0.05, 0) is 5.56 Å². The van der Waals surface area contributed by atoms with Crippen molar-refractivity contribution >= 4 is 17.8 Å². The highest BCUT2D eigenvalue weighted by atomic mass is 16.5. The van der Waals surface area contributed by atoms with Gasteiger partial charge in [0.25, 0.3) is 0 Å². The van der Waals surface area contributed by atoms with Gasteiger partial charge in [-0.3, -0.25) is 14.9 Å². The van der Waals surface area contributed by atoms with Gasteiger partial charge in [0.15, 0.2) is 6.23 Å². The Morgan fingerprint density at radius 2 is 1.58 bits per heavy atom. The van der Waals surface area contributed by atoms with E-state index < -0.39 is 24.1 Å². The van der Waals surface area contributed by atoms with E-state index in [1.165, 1.54) is 0 Å². The zero-order valence-corrected chi connectivity index (χ0v) is 12.8. The Hall–Kier alpha value is -2.99. The third-order valence-corrected chi connectivity index (χ3v) is 3.62. The second-order valence-electron chi connectivity index (χ2n) is 5.35. The minimum atomic E-state index is -0.896. The van der Waals surface area contributed by atoms with Crippen molar-refractivity contribution in [2.75, 3.05) is 0 Å². The normalized spacial score (nSPS) is 16.0. The SMILES string of the molecule is O=C1CC(=O)N(C(OCc2ccccc2)c2ccccc2)C(=O)N1. The summed E-state index contributed by atoms with van der Waals surface area (Å²) in [5, 5.41) is 2.16. The van der Waals surface area contributed by atoms with Gasteiger partial charge >= 0.3 is 6.03 Å². The van der Waals surface area contributed by atoms with Crippen LogP contribution in [-0.4, -0.2) is 22.7 Å². The molecule has 1 N–H and O–H groups in total. The summed E-state index contributed by atoms with van der Waals surface area (Å²) in [7, 11) is 0. The number of imide groups is 2. The summed E-state index contributed by atoms with van der Waals surface area (Å²) in [6.07, 6.45) is -1.27. The molecule has 1 fully saturated rings. The van der Waals surface area contributed by atoms with Crippen molar-refractivity contribution < 1.29 is 19.1 Å². The van der Waals surface area contributed by atoms with Gasteiger partial charge in [-0.2, -0.15) is 0 Å². The number of amides is 4. The topological polar surface area (TPSA) is 75.7 Å². The molecule has 4 amide bonds. The summed E-state index contributed by atoms with van der Waals surface area (Å²) in [5.74, 6) is -1.18. The number of ether oxygens (including phenoxy) is 1. The molecular weight excluding hydrogens is 308 g/mol. The molecule has 2 aromatic carbocycles. The lowest BCUT2D eigenvalue weighted by atomic mass is 10.1. The lowest BCUT2D eigenvalue weighted by Crippen LogP contribution is -2.54. The van der Waals surface area contributed by atoms with Crippen LogP contribution in [0.25, 0.3) is 0 Å². The zero-order valence-electron chi connectivity index (χ0n) is 12.8. The number of hydrogen-bond acceptors (Lipinski definition) is 4. The number of benzene rings is 2. The average Bonchev–Trinajstić information content (AvgIpc) is 2.58. The molecule has 6 nitrogen and oxygen atoms in total. The van der Waals surface area contributed by atoms with Crippen LogP contribution in [0, 0.1) is 0 Å². The summed E-state index contributed by atoms with van der Waals surface area (Å²) in [5.41, 5.74) is 1.57. The molecule has 1 saturated heterocycles. The zero-order chi connectivity index (χ0) is 16.9. The molecule has 2 aromatic rings. The molecule has 0 aromatic heterocycles. The molecule has 1 aliphatic rings. The molecule has 1 atom stereocenters. The Morgan fingerprint density at radius 1 is 0.958 bits per heavy atom. The molecule has 0 aliphatic carbocycles. The van der Waals surface area contributed by atoms with Crippen molar-refractivity contribution in [3.63, 3.8) is 0 Å². The molecule has 1 aliphatic heterocycles. The third kappa shape index (κ3) is 3.49. The van der Waals surface area contributed by atoms with Gasteiger partial charge in [-0.25, -0.2) is 9.69 Å². The standard InChI is InChI=1S/C18H16N2O4/c21-15-11-16(22)20(18(23)19-15)17(14-9-5-2-6-10-14)24-12-13-7-3-1-4-8-13/h1-10,17H,11-12H2,(H,19,21,23). The number of hydrogen-bond donors (Lipinski definition) is 1. The number of carbonyl (C=O) groups excluding carboxylic acids is 3. The molecule has 1 heterocycles. The minimum Gasteiger partial charge on any atom is -0.349 e. The predicted molar refractivity (Wildman–Crippen MR) is 85.4 cm³/mol. The maximum Gasteiger partial charge on any atom is 0.333 e. The van der Waals surface area contributed by atoms with Gasteiger partial charge in [0.2, 0.25) is 11.8 Å². The largest absolute Gasteiger partial charge is 0.349 e. The maximum absolute atomic E-state index is 12.2. The molecule has 6 heteroatoms. The Balaban J connectivity index is 1.86. The first-order valence-electron chi connectivity index (χ1n) is 7.51. The van der Waals surface area contributed by atoms with E-state index in [1.807, 2.05) is 36.4 Å². The fourth-order valence-corrected chi connectivity index (χ4v) is 2.48. The second kappa shape index (κ2) is 7.06. The fraction of sp³-hybridized carbons (Fsp3) is 0.167. The maximum atomic E-state index is 12.2. The van der Waals surface area contributed by atoms with Crippen molar-refractivity contribution in [2.45, 2.75) is 19.3 Å². The highest BCUT2D eigenvalue weighted by Gasteiger charge is 2.37. The molecule has 0 spiro atoms. The predicted octanol–water partition coefficient (Wildman–Crippen LogP) is 2.37. The fourth-order valence-electron chi connectivity index (χ4n) is 2.48. The molecule has 1 unspecified atom stereocenters. The Kier molecular flexibility index (Phi) is 4.67. The van der Waals surface area contributed by atoms with Gasteiger partial charge < -0.3 is 4.74 Å². The highest BCUT2D eigenvalue weighted by molar-refractivity contribution is 6.14. The summed E-state index contributed by atoms with van der Waals surface area (Å²) in [4.78, 5) is 36.6. The summed E-state index contributed by atoms with van der Waals surface area (Å²) in [6.45, 7) is 0.228. The first-order chi connectivity index (χ1) is 11.6.